The zero-order valence-electron chi connectivity index (χ0n) is 10.7. The minimum atomic E-state index is -5.73. The van der Waals surface area contributed by atoms with Gasteiger partial charge in [-0.15, -0.1) is 0 Å². The highest BCUT2D eigenvalue weighted by molar-refractivity contribution is 7.87. The summed E-state index contributed by atoms with van der Waals surface area (Å²) in [4.78, 5) is 3.80. The predicted octanol–water partition coefficient (Wildman–Crippen LogP) is 2.19. The first kappa shape index (κ1) is 15.3. The van der Waals surface area contributed by atoms with E-state index in [1.54, 1.807) is 19.1 Å². The van der Waals surface area contributed by atoms with E-state index in [1.807, 2.05) is 0 Å². The molecule has 0 aliphatic heterocycles. The average Bonchev–Trinajstić information content (AvgIpc) is 2.81. The third kappa shape index (κ3) is 3.15. The zero-order valence-corrected chi connectivity index (χ0v) is 11.5. The van der Waals surface area contributed by atoms with Crippen LogP contribution in [0, 0.1) is 0 Å². The van der Waals surface area contributed by atoms with Crippen molar-refractivity contribution in [1.82, 2.24) is 14.8 Å². The molecule has 0 atom stereocenters. The van der Waals surface area contributed by atoms with Crippen molar-refractivity contribution in [3.8, 4) is 17.1 Å². The van der Waals surface area contributed by atoms with Crippen LogP contribution in [-0.2, 0) is 16.7 Å². The van der Waals surface area contributed by atoms with Gasteiger partial charge in [0.2, 0.25) is 5.88 Å². The molecule has 0 aliphatic carbocycles. The highest BCUT2D eigenvalue weighted by atomic mass is 32.2. The van der Waals surface area contributed by atoms with Gasteiger partial charge in [-0.05, 0) is 19.1 Å². The molecule has 2 heterocycles. The number of aromatic nitrogens is 3. The van der Waals surface area contributed by atoms with Gasteiger partial charge in [-0.3, -0.25) is 4.98 Å². The van der Waals surface area contributed by atoms with E-state index in [9.17, 15) is 21.6 Å². The Labute approximate surface area is 118 Å². The highest BCUT2D eigenvalue weighted by Gasteiger charge is 2.49. The number of aryl methyl sites for hydroxylation is 1. The second-order valence-electron chi connectivity index (χ2n) is 3.90. The van der Waals surface area contributed by atoms with Gasteiger partial charge in [0, 0.05) is 30.6 Å². The van der Waals surface area contributed by atoms with E-state index in [1.165, 1.54) is 12.4 Å². The highest BCUT2D eigenvalue weighted by Crippen LogP contribution is 2.29. The lowest BCUT2D eigenvalue weighted by atomic mass is 10.2. The molecule has 0 amide bonds. The summed E-state index contributed by atoms with van der Waals surface area (Å²) in [7, 11) is -5.73. The summed E-state index contributed by atoms with van der Waals surface area (Å²) in [6, 6.07) is 4.30. The van der Waals surface area contributed by atoms with Crippen molar-refractivity contribution >= 4 is 10.1 Å². The van der Waals surface area contributed by atoms with Crippen molar-refractivity contribution in [3.05, 3.63) is 30.6 Å². The smallest absolute Gasteiger partial charge is 0.355 e. The maximum atomic E-state index is 12.3. The number of nitrogens with zero attached hydrogens (tertiary/aromatic N) is 3. The third-order valence-electron chi connectivity index (χ3n) is 2.50. The molecule has 0 bridgehead atoms. The van der Waals surface area contributed by atoms with Gasteiger partial charge in [0.1, 0.15) is 0 Å². The lowest BCUT2D eigenvalue weighted by Gasteiger charge is -2.09. The van der Waals surface area contributed by atoms with Crippen LogP contribution in [0.5, 0.6) is 5.88 Å². The van der Waals surface area contributed by atoms with Crippen LogP contribution in [0.1, 0.15) is 6.92 Å². The van der Waals surface area contributed by atoms with Crippen LogP contribution < -0.4 is 4.18 Å². The molecule has 0 aromatic carbocycles. The van der Waals surface area contributed by atoms with Gasteiger partial charge in [-0.2, -0.15) is 26.7 Å². The molecule has 2 aromatic rings. The van der Waals surface area contributed by atoms with Crippen LogP contribution >= 0.6 is 0 Å². The molecule has 0 unspecified atom stereocenters. The van der Waals surface area contributed by atoms with Gasteiger partial charge >= 0.3 is 15.6 Å². The molecule has 2 aromatic heterocycles. The first-order valence-corrected chi connectivity index (χ1v) is 7.14. The van der Waals surface area contributed by atoms with Gasteiger partial charge in [0.25, 0.3) is 0 Å². The van der Waals surface area contributed by atoms with Crippen LogP contribution in [0.2, 0.25) is 0 Å². The Balaban J connectivity index is 2.40. The summed E-state index contributed by atoms with van der Waals surface area (Å²) in [5.41, 5.74) is -4.63. The Hall–Kier alpha value is -2.10. The standard InChI is InChI=1S/C11H10F3N3O3S/c1-2-17-10(20-21(18,19)11(12,13)14)7-9(16-17)8-3-5-15-6-4-8/h3-7H,2H2,1H3. The van der Waals surface area contributed by atoms with E-state index in [0.717, 1.165) is 10.7 Å². The van der Waals surface area contributed by atoms with E-state index in [4.69, 9.17) is 0 Å². The predicted molar refractivity (Wildman–Crippen MR) is 66.7 cm³/mol. The SMILES string of the molecule is CCn1nc(-c2ccncc2)cc1OS(=O)(=O)C(F)(F)F. The molecule has 2 rings (SSSR count). The Bertz CT molecular complexity index is 726. The van der Waals surface area contributed by atoms with E-state index >= 15 is 0 Å². The molecule has 0 saturated heterocycles. The number of rotatable bonds is 4. The summed E-state index contributed by atoms with van der Waals surface area (Å²) in [5.74, 6) is -0.498. The summed E-state index contributed by atoms with van der Waals surface area (Å²) in [5, 5.41) is 4.00. The van der Waals surface area contributed by atoms with Crippen LogP contribution in [0.15, 0.2) is 30.6 Å². The molecule has 0 radical (unpaired) electrons. The molecule has 0 aliphatic rings. The van der Waals surface area contributed by atoms with Crippen LogP contribution in [0.3, 0.4) is 0 Å². The molecular formula is C11H10F3N3O3S. The lowest BCUT2D eigenvalue weighted by Crippen LogP contribution is -2.28. The summed E-state index contributed by atoms with van der Waals surface area (Å²) in [6.45, 7) is 1.74. The van der Waals surface area contributed by atoms with Crippen LogP contribution in [0.4, 0.5) is 13.2 Å². The second-order valence-corrected chi connectivity index (χ2v) is 5.44. The lowest BCUT2D eigenvalue weighted by molar-refractivity contribution is -0.0502. The molecule has 6 nitrogen and oxygen atoms in total. The molecular weight excluding hydrogens is 311 g/mol. The Morgan fingerprint density at radius 2 is 1.90 bits per heavy atom. The number of hydrogen-bond donors (Lipinski definition) is 0. The van der Waals surface area contributed by atoms with Gasteiger partial charge in [-0.25, -0.2) is 4.68 Å². The molecule has 0 saturated carbocycles. The van der Waals surface area contributed by atoms with Crippen molar-refractivity contribution in [2.75, 3.05) is 0 Å². The van der Waals surface area contributed by atoms with Crippen molar-refractivity contribution in [2.45, 2.75) is 19.0 Å². The monoisotopic (exact) mass is 321 g/mol. The fourth-order valence-corrected chi connectivity index (χ4v) is 1.97. The first-order chi connectivity index (χ1) is 9.74. The largest absolute Gasteiger partial charge is 0.534 e. The molecule has 10 heteroatoms. The van der Waals surface area contributed by atoms with Gasteiger partial charge in [0.05, 0.1) is 5.69 Å². The normalized spacial score (nSPS) is 12.4. The van der Waals surface area contributed by atoms with Crippen molar-refractivity contribution < 1.29 is 25.8 Å². The Kier molecular flexibility index (Phi) is 3.90. The van der Waals surface area contributed by atoms with Crippen molar-refractivity contribution in [3.63, 3.8) is 0 Å². The first-order valence-electron chi connectivity index (χ1n) is 5.73. The second kappa shape index (κ2) is 5.35. The molecule has 114 valence electrons. The maximum absolute atomic E-state index is 12.3. The number of hydrogen-bond acceptors (Lipinski definition) is 5. The minimum Gasteiger partial charge on any atom is -0.355 e. The van der Waals surface area contributed by atoms with Crippen LogP contribution in [-0.4, -0.2) is 28.7 Å². The van der Waals surface area contributed by atoms with Gasteiger partial charge < -0.3 is 4.18 Å². The fourth-order valence-electron chi connectivity index (χ4n) is 1.52. The van der Waals surface area contributed by atoms with E-state index in [0.29, 0.717) is 5.56 Å². The van der Waals surface area contributed by atoms with Crippen molar-refractivity contribution in [2.24, 2.45) is 0 Å². The van der Waals surface area contributed by atoms with E-state index in [-0.39, 0.29) is 12.2 Å². The number of halogens is 3. The summed E-state index contributed by atoms with van der Waals surface area (Å²) >= 11 is 0. The average molecular weight is 321 g/mol. The topological polar surface area (TPSA) is 74.1 Å². The van der Waals surface area contributed by atoms with Crippen LogP contribution in [0.25, 0.3) is 11.3 Å². The molecule has 0 spiro atoms. The Morgan fingerprint density at radius 1 is 1.29 bits per heavy atom. The van der Waals surface area contributed by atoms with E-state index < -0.39 is 21.5 Å². The maximum Gasteiger partial charge on any atom is 0.534 e. The minimum absolute atomic E-state index is 0.147. The summed E-state index contributed by atoms with van der Waals surface area (Å²) < 4.78 is 64.2. The molecule has 21 heavy (non-hydrogen) atoms. The van der Waals surface area contributed by atoms with Gasteiger partial charge in [-0.1, -0.05) is 0 Å². The van der Waals surface area contributed by atoms with Crippen molar-refractivity contribution in [1.29, 1.82) is 0 Å². The fraction of sp³-hybridized carbons (Fsp3) is 0.273. The molecule has 0 fully saturated rings. The van der Waals surface area contributed by atoms with Gasteiger partial charge in [0.15, 0.2) is 0 Å². The third-order valence-corrected chi connectivity index (χ3v) is 3.45. The Morgan fingerprint density at radius 3 is 2.43 bits per heavy atom. The quantitative estimate of drug-likeness (QED) is 0.637. The number of alkyl halides is 3. The summed E-state index contributed by atoms with van der Waals surface area (Å²) in [6.07, 6.45) is 2.96. The molecule has 0 N–H and O–H groups in total. The number of pyridine rings is 1. The zero-order chi connectivity index (χ0) is 15.7. The van der Waals surface area contributed by atoms with E-state index in [2.05, 4.69) is 14.3 Å².